The van der Waals surface area contributed by atoms with Crippen LogP contribution in [-0.2, 0) is 24.2 Å². The van der Waals surface area contributed by atoms with Crippen LogP contribution in [0.25, 0.3) is 0 Å². The summed E-state index contributed by atoms with van der Waals surface area (Å²) in [7, 11) is 0. The lowest BCUT2D eigenvalue weighted by atomic mass is 10.00. The number of carbonyl (C=O) groups is 2. The van der Waals surface area contributed by atoms with E-state index in [0.717, 1.165) is 35.5 Å². The van der Waals surface area contributed by atoms with Crippen molar-refractivity contribution in [1.29, 1.82) is 0 Å². The van der Waals surface area contributed by atoms with Gasteiger partial charge in [0, 0.05) is 12.2 Å². The number of fused-ring (bicyclic) bond motifs is 2. The third kappa shape index (κ3) is 7.59. The first-order valence-electron chi connectivity index (χ1n) is 10.5. The number of hydrogen-bond acceptors (Lipinski definition) is 3. The summed E-state index contributed by atoms with van der Waals surface area (Å²) in [6.07, 6.45) is 2.08. The molecule has 176 valence electrons. The second-order valence-corrected chi connectivity index (χ2v) is 8.66. The van der Waals surface area contributed by atoms with Crippen LogP contribution in [0.1, 0.15) is 59.2 Å². The molecule has 0 aromatic heterocycles. The van der Waals surface area contributed by atoms with Crippen molar-refractivity contribution in [2.45, 2.75) is 61.9 Å². The Balaban J connectivity index is 0.000000301. The Morgan fingerprint density at radius 1 is 0.844 bits per heavy atom. The summed E-state index contributed by atoms with van der Waals surface area (Å²) >= 11 is 0. The predicted octanol–water partition coefficient (Wildman–Crippen LogP) is 6.01. The quantitative estimate of drug-likeness (QED) is 0.544. The van der Waals surface area contributed by atoms with Crippen molar-refractivity contribution in [3.05, 3.63) is 53.1 Å². The van der Waals surface area contributed by atoms with Gasteiger partial charge in [0.2, 0.25) is 0 Å². The monoisotopic (exact) mass is 441 g/mol. The first kappa shape index (κ1) is 27.0. The number of nitrogens with one attached hydrogen (secondary N) is 3. The van der Waals surface area contributed by atoms with Gasteiger partial charge in [-0.25, -0.2) is 4.79 Å². The molecule has 0 atom stereocenters. The van der Waals surface area contributed by atoms with Crippen LogP contribution in [0.2, 0.25) is 0 Å². The maximum Gasteiger partial charge on any atom is 0.319 e. The van der Waals surface area contributed by atoms with Gasteiger partial charge in [-0.05, 0) is 59.6 Å². The van der Waals surface area contributed by atoms with E-state index in [-0.39, 0.29) is 33.4 Å². The van der Waals surface area contributed by atoms with Gasteiger partial charge in [0.05, 0.1) is 5.69 Å². The zero-order chi connectivity index (χ0) is 21.7. The van der Waals surface area contributed by atoms with Crippen LogP contribution in [0.15, 0.2) is 36.4 Å². The highest BCUT2D eigenvalue weighted by molar-refractivity contribution is 5.95. The van der Waals surface area contributed by atoms with Crippen LogP contribution in [0, 0.1) is 11.8 Å². The number of ether oxygens (including phenoxy) is 1. The van der Waals surface area contributed by atoms with Gasteiger partial charge < -0.3 is 20.7 Å². The number of amides is 3. The molecule has 6 nitrogen and oxygen atoms in total. The standard InChI is InChI=1S/C12H16N2O.C12H15NO2.2CH4/c1-8(2)5-9-3-4-10-7-13-12(15)14-11(10)6-9;1-8(2)5-9-3-4-10-11(6-9)15-7-12(14)13-10;;/h3-4,6,8H,5,7H2,1-2H3,(H2,13,14,15);3-4,6,8H,5,7H2,1-2H3,(H,13,14);2*1H4. The molecule has 0 fully saturated rings. The van der Waals surface area contributed by atoms with Crippen LogP contribution in [-0.4, -0.2) is 18.5 Å². The number of urea groups is 1. The Morgan fingerprint density at radius 2 is 1.47 bits per heavy atom. The first-order chi connectivity index (χ1) is 14.3. The number of benzene rings is 2. The SMILES string of the molecule is C.C.CC(C)Cc1ccc2c(c1)NC(=O)NC2.CC(C)Cc1ccc2c(c1)OCC(=O)N2. The molecule has 2 aromatic carbocycles. The Labute approximate surface area is 193 Å². The van der Waals surface area contributed by atoms with Crippen molar-refractivity contribution in [2.24, 2.45) is 11.8 Å². The molecule has 32 heavy (non-hydrogen) atoms. The molecular formula is C26H39N3O3. The van der Waals surface area contributed by atoms with Gasteiger partial charge in [-0.3, -0.25) is 4.79 Å². The van der Waals surface area contributed by atoms with Crippen molar-refractivity contribution >= 4 is 23.3 Å². The van der Waals surface area contributed by atoms with Gasteiger partial charge in [-0.15, -0.1) is 0 Å². The summed E-state index contributed by atoms with van der Waals surface area (Å²) in [6, 6.07) is 12.1. The third-order valence-corrected chi connectivity index (χ3v) is 4.83. The predicted molar refractivity (Wildman–Crippen MR) is 133 cm³/mol. The lowest BCUT2D eigenvalue weighted by molar-refractivity contribution is -0.118. The van der Waals surface area contributed by atoms with Crippen LogP contribution in [0.5, 0.6) is 5.75 Å². The third-order valence-electron chi connectivity index (χ3n) is 4.83. The number of hydrogen-bond donors (Lipinski definition) is 3. The van der Waals surface area contributed by atoms with E-state index in [4.69, 9.17) is 4.74 Å². The van der Waals surface area contributed by atoms with E-state index in [9.17, 15) is 9.59 Å². The largest absolute Gasteiger partial charge is 0.482 e. The van der Waals surface area contributed by atoms with Gasteiger partial charge in [0.15, 0.2) is 6.61 Å². The zero-order valence-electron chi connectivity index (χ0n) is 18.2. The number of rotatable bonds is 4. The fourth-order valence-corrected chi connectivity index (χ4v) is 3.55. The van der Waals surface area contributed by atoms with Crippen molar-refractivity contribution in [1.82, 2.24) is 5.32 Å². The Kier molecular flexibility index (Phi) is 10.2. The van der Waals surface area contributed by atoms with Gasteiger partial charge in [-0.1, -0.05) is 60.7 Å². The van der Waals surface area contributed by atoms with Gasteiger partial charge >= 0.3 is 6.03 Å². The van der Waals surface area contributed by atoms with Gasteiger partial charge in [0.1, 0.15) is 5.75 Å². The average molecular weight is 442 g/mol. The number of anilines is 2. The lowest BCUT2D eigenvalue weighted by Crippen LogP contribution is -2.33. The summed E-state index contributed by atoms with van der Waals surface area (Å²) in [5, 5.41) is 8.35. The van der Waals surface area contributed by atoms with Crippen LogP contribution in [0.3, 0.4) is 0 Å². The Bertz CT molecular complexity index is 923. The van der Waals surface area contributed by atoms with E-state index in [1.807, 2.05) is 18.2 Å². The topological polar surface area (TPSA) is 79.5 Å². The highest BCUT2D eigenvalue weighted by atomic mass is 16.5. The smallest absolute Gasteiger partial charge is 0.319 e. The molecule has 2 aliphatic rings. The summed E-state index contributed by atoms with van der Waals surface area (Å²) in [6.45, 7) is 9.50. The van der Waals surface area contributed by atoms with Crippen molar-refractivity contribution in [2.75, 3.05) is 17.2 Å². The van der Waals surface area contributed by atoms with E-state index in [1.165, 1.54) is 11.1 Å². The highest BCUT2D eigenvalue weighted by Gasteiger charge is 2.16. The van der Waals surface area contributed by atoms with E-state index in [2.05, 4.69) is 61.8 Å². The minimum atomic E-state index is -0.107. The fraction of sp³-hybridized carbons (Fsp3) is 0.462. The second-order valence-electron chi connectivity index (χ2n) is 8.66. The number of carbonyl (C=O) groups excluding carboxylic acids is 2. The molecule has 0 saturated heterocycles. The summed E-state index contributed by atoms with van der Waals surface area (Å²) in [5.74, 6) is 1.97. The molecule has 2 heterocycles. The molecule has 0 aliphatic carbocycles. The van der Waals surface area contributed by atoms with Gasteiger partial charge in [0.25, 0.3) is 5.91 Å². The maximum absolute atomic E-state index is 11.1. The second kappa shape index (κ2) is 12.1. The lowest BCUT2D eigenvalue weighted by Gasteiger charge is -2.19. The Hall–Kier alpha value is -3.02. The molecule has 0 radical (unpaired) electrons. The van der Waals surface area contributed by atoms with E-state index in [0.29, 0.717) is 18.4 Å². The maximum atomic E-state index is 11.1. The summed E-state index contributed by atoms with van der Waals surface area (Å²) < 4.78 is 5.35. The molecule has 2 aromatic rings. The van der Waals surface area contributed by atoms with E-state index in [1.54, 1.807) is 0 Å². The van der Waals surface area contributed by atoms with Crippen molar-refractivity contribution in [3.8, 4) is 5.75 Å². The summed E-state index contributed by atoms with van der Waals surface area (Å²) in [4.78, 5) is 22.2. The van der Waals surface area contributed by atoms with Crippen LogP contribution < -0.4 is 20.7 Å². The molecule has 0 bridgehead atoms. The Morgan fingerprint density at radius 3 is 2.12 bits per heavy atom. The van der Waals surface area contributed by atoms with E-state index >= 15 is 0 Å². The van der Waals surface area contributed by atoms with Crippen LogP contribution in [0.4, 0.5) is 16.2 Å². The average Bonchev–Trinajstić information content (AvgIpc) is 2.67. The van der Waals surface area contributed by atoms with E-state index < -0.39 is 0 Å². The van der Waals surface area contributed by atoms with Crippen LogP contribution >= 0.6 is 0 Å². The zero-order valence-corrected chi connectivity index (χ0v) is 18.2. The molecule has 0 unspecified atom stereocenters. The molecule has 2 aliphatic heterocycles. The molecular weight excluding hydrogens is 402 g/mol. The van der Waals surface area contributed by atoms with Crippen molar-refractivity contribution in [3.63, 3.8) is 0 Å². The first-order valence-corrected chi connectivity index (χ1v) is 10.5. The minimum absolute atomic E-state index is 0. The molecule has 3 amide bonds. The normalized spacial score (nSPS) is 13.6. The fourth-order valence-electron chi connectivity index (χ4n) is 3.55. The summed E-state index contributed by atoms with van der Waals surface area (Å²) in [5.41, 5.74) is 5.42. The van der Waals surface area contributed by atoms with Crippen molar-refractivity contribution < 1.29 is 14.3 Å². The molecule has 0 saturated carbocycles. The molecule has 6 heteroatoms. The molecule has 0 spiro atoms. The highest BCUT2D eigenvalue weighted by Crippen LogP contribution is 2.29. The molecule has 3 N–H and O–H groups in total. The minimum Gasteiger partial charge on any atom is -0.482 e. The van der Waals surface area contributed by atoms with Gasteiger partial charge in [-0.2, -0.15) is 0 Å². The molecule has 4 rings (SSSR count).